The molecule has 1 aromatic heterocycles. The van der Waals surface area contributed by atoms with Gasteiger partial charge in [0.25, 0.3) is 0 Å². The molecular formula is C25H29FN2O6. The highest BCUT2D eigenvalue weighted by atomic mass is 19.1. The van der Waals surface area contributed by atoms with E-state index in [9.17, 15) is 18.8 Å². The van der Waals surface area contributed by atoms with Crippen LogP contribution in [0.4, 0.5) is 4.39 Å². The standard InChI is InChI=1S/C25H29FN2O6/c26-19-7-3-6-18(16-19)20-9-10-21(33-20)25(31)27-28(14-15-32-24-13-12-23(30)34-24)22(29)11-8-17-4-1-2-5-17/h3,6-7,9-10,16-17,24H,1-2,4-5,8,11-15H2,(H,27,31). The van der Waals surface area contributed by atoms with Crippen LogP contribution < -0.4 is 5.43 Å². The van der Waals surface area contributed by atoms with Gasteiger partial charge in [-0.05, 0) is 36.6 Å². The largest absolute Gasteiger partial charge is 0.451 e. The van der Waals surface area contributed by atoms with E-state index < -0.39 is 18.0 Å². The van der Waals surface area contributed by atoms with Crippen molar-refractivity contribution in [1.29, 1.82) is 0 Å². The topological polar surface area (TPSA) is 98.1 Å². The van der Waals surface area contributed by atoms with Crippen LogP contribution in [-0.2, 0) is 19.1 Å². The molecule has 1 unspecified atom stereocenters. The van der Waals surface area contributed by atoms with Gasteiger partial charge in [-0.1, -0.05) is 37.8 Å². The van der Waals surface area contributed by atoms with Crippen LogP contribution in [0.5, 0.6) is 0 Å². The Labute approximate surface area is 197 Å². The lowest BCUT2D eigenvalue weighted by molar-refractivity contribution is -0.164. The Morgan fingerprint density at radius 1 is 1.15 bits per heavy atom. The van der Waals surface area contributed by atoms with Crippen molar-refractivity contribution in [3.63, 3.8) is 0 Å². The quantitative estimate of drug-likeness (QED) is 0.434. The summed E-state index contributed by atoms with van der Waals surface area (Å²) in [5.74, 6) is -0.655. The van der Waals surface area contributed by atoms with E-state index in [1.165, 1.54) is 36.0 Å². The van der Waals surface area contributed by atoms with Crippen LogP contribution in [0.15, 0.2) is 40.8 Å². The maximum Gasteiger partial charge on any atom is 0.308 e. The van der Waals surface area contributed by atoms with Gasteiger partial charge in [-0.25, -0.2) is 4.39 Å². The number of esters is 1. The Morgan fingerprint density at radius 2 is 1.97 bits per heavy atom. The number of halogens is 1. The van der Waals surface area contributed by atoms with E-state index in [-0.39, 0.29) is 30.8 Å². The predicted octanol–water partition coefficient (Wildman–Crippen LogP) is 4.21. The van der Waals surface area contributed by atoms with Gasteiger partial charge >= 0.3 is 11.9 Å². The summed E-state index contributed by atoms with van der Waals surface area (Å²) in [6.07, 6.45) is 5.88. The second-order valence-corrected chi connectivity index (χ2v) is 8.68. The third-order valence-corrected chi connectivity index (χ3v) is 6.18. The summed E-state index contributed by atoms with van der Waals surface area (Å²) in [4.78, 5) is 37.0. The number of benzene rings is 1. The normalized spacial score (nSPS) is 18.1. The van der Waals surface area contributed by atoms with Crippen LogP contribution >= 0.6 is 0 Å². The maximum absolute atomic E-state index is 13.5. The number of carbonyl (C=O) groups is 3. The third kappa shape index (κ3) is 6.44. The smallest absolute Gasteiger partial charge is 0.308 e. The Morgan fingerprint density at radius 3 is 2.71 bits per heavy atom. The van der Waals surface area contributed by atoms with Crippen molar-refractivity contribution in [2.75, 3.05) is 13.2 Å². The van der Waals surface area contributed by atoms with Crippen molar-refractivity contribution in [2.45, 2.75) is 57.7 Å². The first-order chi connectivity index (χ1) is 16.5. The fourth-order valence-corrected chi connectivity index (χ4v) is 4.33. The molecule has 0 bridgehead atoms. The lowest BCUT2D eigenvalue weighted by Gasteiger charge is -2.24. The predicted molar refractivity (Wildman–Crippen MR) is 120 cm³/mol. The van der Waals surface area contributed by atoms with Crippen LogP contribution in [0.25, 0.3) is 11.3 Å². The Bertz CT molecular complexity index is 1020. The number of cyclic esters (lactones) is 1. The molecule has 182 valence electrons. The van der Waals surface area contributed by atoms with Crippen molar-refractivity contribution in [1.82, 2.24) is 10.4 Å². The summed E-state index contributed by atoms with van der Waals surface area (Å²) in [6.45, 7) is 0.195. The number of rotatable bonds is 9. The van der Waals surface area contributed by atoms with Gasteiger partial charge in [-0.2, -0.15) is 0 Å². The molecule has 1 N–H and O–H groups in total. The van der Waals surface area contributed by atoms with Crippen LogP contribution in [0.3, 0.4) is 0 Å². The molecule has 2 aliphatic rings. The van der Waals surface area contributed by atoms with Gasteiger partial charge < -0.3 is 13.9 Å². The van der Waals surface area contributed by atoms with Gasteiger partial charge in [0.1, 0.15) is 11.6 Å². The van der Waals surface area contributed by atoms with Gasteiger partial charge in [-0.15, -0.1) is 0 Å². The first kappa shape index (κ1) is 23.9. The average Bonchev–Trinajstić information content (AvgIpc) is 3.59. The summed E-state index contributed by atoms with van der Waals surface area (Å²) < 4.78 is 29.7. The summed E-state index contributed by atoms with van der Waals surface area (Å²) in [5.41, 5.74) is 3.11. The van der Waals surface area contributed by atoms with Crippen LogP contribution in [0.2, 0.25) is 0 Å². The molecule has 1 saturated heterocycles. The van der Waals surface area contributed by atoms with Crippen molar-refractivity contribution in [3.8, 4) is 11.3 Å². The Kier molecular flexibility index (Phi) is 7.95. The molecule has 2 aromatic rings. The van der Waals surface area contributed by atoms with Gasteiger partial charge in [0.05, 0.1) is 19.6 Å². The summed E-state index contributed by atoms with van der Waals surface area (Å²) >= 11 is 0. The maximum atomic E-state index is 13.5. The molecule has 1 saturated carbocycles. The first-order valence-corrected chi connectivity index (χ1v) is 11.8. The van der Waals surface area contributed by atoms with E-state index in [4.69, 9.17) is 13.9 Å². The Hall–Kier alpha value is -3.20. The van der Waals surface area contributed by atoms with E-state index in [0.29, 0.717) is 36.5 Å². The molecule has 1 atom stereocenters. The summed E-state index contributed by atoms with van der Waals surface area (Å²) in [6, 6.07) is 8.92. The SMILES string of the molecule is O=C1CCC(OCCN(NC(=O)c2ccc(-c3cccc(F)c3)o2)C(=O)CCC2CCCC2)O1. The highest BCUT2D eigenvalue weighted by molar-refractivity contribution is 5.93. The zero-order chi connectivity index (χ0) is 23.9. The molecular weight excluding hydrogens is 443 g/mol. The van der Waals surface area contributed by atoms with Crippen LogP contribution in [0.1, 0.15) is 61.9 Å². The summed E-state index contributed by atoms with van der Waals surface area (Å²) in [7, 11) is 0. The molecule has 2 amide bonds. The number of hydrogen-bond acceptors (Lipinski definition) is 6. The molecule has 1 aliphatic carbocycles. The second kappa shape index (κ2) is 11.3. The molecule has 34 heavy (non-hydrogen) atoms. The van der Waals surface area contributed by atoms with Crippen molar-refractivity contribution in [2.24, 2.45) is 5.92 Å². The van der Waals surface area contributed by atoms with Crippen molar-refractivity contribution < 1.29 is 32.7 Å². The van der Waals surface area contributed by atoms with Gasteiger partial charge in [0, 0.05) is 18.4 Å². The number of furan rings is 1. The zero-order valence-corrected chi connectivity index (χ0v) is 19.0. The van der Waals surface area contributed by atoms with E-state index in [2.05, 4.69) is 5.43 Å². The van der Waals surface area contributed by atoms with E-state index in [1.54, 1.807) is 18.2 Å². The molecule has 0 spiro atoms. The molecule has 1 aromatic carbocycles. The molecule has 8 nitrogen and oxygen atoms in total. The molecule has 9 heteroatoms. The van der Waals surface area contributed by atoms with Gasteiger partial charge in [0.2, 0.25) is 12.2 Å². The zero-order valence-electron chi connectivity index (χ0n) is 19.0. The minimum absolute atomic E-state index is 0.00139. The molecule has 2 fully saturated rings. The highest BCUT2D eigenvalue weighted by Gasteiger charge is 2.26. The lowest BCUT2D eigenvalue weighted by Crippen LogP contribution is -2.48. The van der Waals surface area contributed by atoms with Crippen molar-refractivity contribution in [3.05, 3.63) is 48.0 Å². The number of carbonyl (C=O) groups excluding carboxylic acids is 3. The fraction of sp³-hybridized carbons (Fsp3) is 0.480. The van der Waals surface area contributed by atoms with E-state index in [0.717, 1.165) is 19.3 Å². The minimum atomic E-state index is -0.627. The second-order valence-electron chi connectivity index (χ2n) is 8.68. The Balaban J connectivity index is 1.37. The van der Waals surface area contributed by atoms with Crippen LogP contribution in [0, 0.1) is 11.7 Å². The molecule has 0 radical (unpaired) electrons. The number of nitrogens with zero attached hydrogens (tertiary/aromatic N) is 1. The van der Waals surface area contributed by atoms with E-state index in [1.807, 2.05) is 0 Å². The number of ether oxygens (including phenoxy) is 2. The highest BCUT2D eigenvalue weighted by Crippen LogP contribution is 2.28. The monoisotopic (exact) mass is 472 g/mol. The molecule has 2 heterocycles. The number of nitrogens with one attached hydrogen (secondary N) is 1. The average molecular weight is 473 g/mol. The van der Waals surface area contributed by atoms with Gasteiger partial charge in [0.15, 0.2) is 5.76 Å². The molecule has 1 aliphatic heterocycles. The van der Waals surface area contributed by atoms with E-state index >= 15 is 0 Å². The van der Waals surface area contributed by atoms with Crippen LogP contribution in [-0.4, -0.2) is 42.2 Å². The number of hydrazine groups is 1. The first-order valence-electron chi connectivity index (χ1n) is 11.8. The van der Waals surface area contributed by atoms with Gasteiger partial charge in [-0.3, -0.25) is 24.8 Å². The number of amides is 2. The number of hydrogen-bond donors (Lipinski definition) is 1. The third-order valence-electron chi connectivity index (χ3n) is 6.18. The molecule has 4 rings (SSSR count). The fourth-order valence-electron chi connectivity index (χ4n) is 4.33. The summed E-state index contributed by atoms with van der Waals surface area (Å²) in [5, 5.41) is 1.23. The van der Waals surface area contributed by atoms with Crippen molar-refractivity contribution >= 4 is 17.8 Å². The minimum Gasteiger partial charge on any atom is -0.451 e. The lowest BCUT2D eigenvalue weighted by atomic mass is 10.0.